The van der Waals surface area contributed by atoms with Crippen molar-refractivity contribution in [1.82, 2.24) is 11.1 Å². The number of nitrogens with one attached hydrogen (secondary N) is 2. The summed E-state index contributed by atoms with van der Waals surface area (Å²) in [5.74, 6) is 0. The lowest BCUT2D eigenvalue weighted by Crippen LogP contribution is -2.31. The summed E-state index contributed by atoms with van der Waals surface area (Å²) in [7, 11) is 0. The van der Waals surface area contributed by atoms with Gasteiger partial charge in [0.2, 0.25) is 0 Å². The Bertz CT molecular complexity index is 121. The molecule has 57 valence electrons. The van der Waals surface area contributed by atoms with E-state index < -0.39 is 6.03 Å². The van der Waals surface area contributed by atoms with Crippen molar-refractivity contribution in [3.8, 4) is 0 Å². The number of hydrogen-bond acceptors (Lipinski definition) is 2. The summed E-state index contributed by atoms with van der Waals surface area (Å²) >= 11 is 0. The van der Waals surface area contributed by atoms with Crippen LogP contribution in [0.1, 0.15) is 12.8 Å². The van der Waals surface area contributed by atoms with Crippen LogP contribution in [0.4, 0.5) is 4.79 Å². The molecule has 2 N–H and O–H groups in total. The second kappa shape index (κ2) is 3.41. The topological polar surface area (TPSA) is 62.1 Å². The maximum atomic E-state index is 10.1. The fourth-order valence-electron chi connectivity index (χ4n) is 1.01. The number of ether oxygens (including phenoxy) is 1. The Morgan fingerprint density at radius 3 is 3.10 bits per heavy atom. The maximum Gasteiger partial charge on any atom is 0.333 e. The predicted octanol–water partition coefficient (Wildman–Crippen LogP) is 0.158. The van der Waals surface area contributed by atoms with Gasteiger partial charge in [-0.05, 0) is 12.8 Å². The summed E-state index contributed by atoms with van der Waals surface area (Å²) in [6, 6.07) is -0.726. The second-order valence-corrected chi connectivity index (χ2v) is 2.35. The highest BCUT2D eigenvalue weighted by atomic mass is 16.5. The summed E-state index contributed by atoms with van der Waals surface area (Å²) in [5, 5.41) is 2.39. The van der Waals surface area contributed by atoms with Crippen LogP contribution >= 0.6 is 0 Å². The summed E-state index contributed by atoms with van der Waals surface area (Å²) in [6.07, 6.45) is 2.22. The fraction of sp³-hybridized carbons (Fsp3) is 0.833. The maximum absolute atomic E-state index is 10.1. The van der Waals surface area contributed by atoms with E-state index in [0.29, 0.717) is 6.54 Å². The van der Waals surface area contributed by atoms with E-state index in [0.717, 1.165) is 19.4 Å². The second-order valence-electron chi connectivity index (χ2n) is 2.35. The lowest BCUT2D eigenvalue weighted by atomic mass is 10.2. The van der Waals surface area contributed by atoms with Crippen LogP contribution in [0.2, 0.25) is 0 Å². The van der Waals surface area contributed by atoms with E-state index in [2.05, 4.69) is 5.32 Å². The van der Waals surface area contributed by atoms with Gasteiger partial charge in [-0.2, -0.15) is 0 Å². The number of urea groups is 1. The number of rotatable bonds is 2. The zero-order valence-corrected chi connectivity index (χ0v) is 5.72. The van der Waals surface area contributed by atoms with E-state index >= 15 is 0 Å². The third kappa shape index (κ3) is 2.23. The lowest BCUT2D eigenvalue weighted by molar-refractivity contribution is 0.111. The molecule has 1 fully saturated rings. The van der Waals surface area contributed by atoms with Crippen LogP contribution in [0.3, 0.4) is 0 Å². The van der Waals surface area contributed by atoms with Crippen molar-refractivity contribution < 1.29 is 9.53 Å². The zero-order valence-electron chi connectivity index (χ0n) is 5.72. The molecule has 0 aromatic carbocycles. The monoisotopic (exact) mass is 143 g/mol. The first-order chi connectivity index (χ1) is 4.79. The number of carbonyl (C=O) groups is 1. The molecule has 0 bridgehead atoms. The minimum absolute atomic E-state index is 0.147. The first-order valence-corrected chi connectivity index (χ1v) is 3.40. The molecule has 1 aliphatic rings. The largest absolute Gasteiger partial charge is 0.376 e. The molecular formula is C6H11N2O2. The molecule has 1 saturated heterocycles. The third-order valence-electron chi connectivity index (χ3n) is 1.51. The van der Waals surface area contributed by atoms with Crippen LogP contribution in [-0.4, -0.2) is 25.3 Å². The molecule has 4 nitrogen and oxygen atoms in total. The highest BCUT2D eigenvalue weighted by Crippen LogP contribution is 2.10. The highest BCUT2D eigenvalue weighted by molar-refractivity contribution is 5.70. The van der Waals surface area contributed by atoms with Gasteiger partial charge in [0.05, 0.1) is 6.10 Å². The average molecular weight is 143 g/mol. The van der Waals surface area contributed by atoms with Gasteiger partial charge in [0.1, 0.15) is 0 Å². The van der Waals surface area contributed by atoms with Gasteiger partial charge in [-0.15, -0.1) is 0 Å². The van der Waals surface area contributed by atoms with Crippen molar-refractivity contribution in [3.05, 3.63) is 0 Å². The van der Waals surface area contributed by atoms with Crippen molar-refractivity contribution in [2.24, 2.45) is 0 Å². The molecule has 1 rings (SSSR count). The molecule has 4 heteroatoms. The molecule has 1 atom stereocenters. The van der Waals surface area contributed by atoms with Crippen molar-refractivity contribution in [1.29, 1.82) is 0 Å². The van der Waals surface area contributed by atoms with E-state index in [-0.39, 0.29) is 6.10 Å². The van der Waals surface area contributed by atoms with Crippen molar-refractivity contribution in [2.45, 2.75) is 18.9 Å². The van der Waals surface area contributed by atoms with E-state index in [1.165, 1.54) is 0 Å². The smallest absolute Gasteiger partial charge is 0.333 e. The van der Waals surface area contributed by atoms with E-state index in [4.69, 9.17) is 10.5 Å². The standard InChI is InChI=1S/C6H11N2O2/c7-6(9)8-4-5-2-1-3-10-5/h5,7H,1-4H2,(H,8,9). The Morgan fingerprint density at radius 2 is 2.60 bits per heavy atom. The lowest BCUT2D eigenvalue weighted by Gasteiger charge is -2.07. The molecule has 0 spiro atoms. The molecule has 1 radical (unpaired) electrons. The molecule has 0 aliphatic carbocycles. The first-order valence-electron chi connectivity index (χ1n) is 3.40. The van der Waals surface area contributed by atoms with Gasteiger partial charge < -0.3 is 10.1 Å². The Labute approximate surface area is 59.7 Å². The molecule has 1 aliphatic heterocycles. The van der Waals surface area contributed by atoms with Crippen LogP contribution in [0, 0.1) is 0 Å². The molecule has 0 aromatic heterocycles. The van der Waals surface area contributed by atoms with Crippen molar-refractivity contribution >= 4 is 6.03 Å². The average Bonchev–Trinajstić information content (AvgIpc) is 2.34. The third-order valence-corrected chi connectivity index (χ3v) is 1.51. The molecule has 1 heterocycles. The van der Waals surface area contributed by atoms with Crippen LogP contribution < -0.4 is 11.1 Å². The fourth-order valence-corrected chi connectivity index (χ4v) is 1.01. The summed E-state index contributed by atoms with van der Waals surface area (Å²) in [4.78, 5) is 10.1. The van der Waals surface area contributed by atoms with E-state index in [1.54, 1.807) is 0 Å². The number of carbonyl (C=O) groups excluding carboxylic acids is 1. The van der Waals surface area contributed by atoms with Gasteiger partial charge in [0.15, 0.2) is 0 Å². The van der Waals surface area contributed by atoms with Gasteiger partial charge in [-0.25, -0.2) is 10.5 Å². The Hall–Kier alpha value is -0.770. The number of amides is 2. The van der Waals surface area contributed by atoms with Crippen LogP contribution in [0.15, 0.2) is 0 Å². The summed E-state index contributed by atoms with van der Waals surface area (Å²) in [6.45, 7) is 1.28. The minimum Gasteiger partial charge on any atom is -0.376 e. The van der Waals surface area contributed by atoms with Crippen LogP contribution in [0.25, 0.3) is 0 Å². The minimum atomic E-state index is -0.726. The molecule has 10 heavy (non-hydrogen) atoms. The van der Waals surface area contributed by atoms with Gasteiger partial charge in [0.25, 0.3) is 0 Å². The highest BCUT2D eigenvalue weighted by Gasteiger charge is 2.14. The normalized spacial score (nSPS) is 24.6. The first kappa shape index (κ1) is 7.34. The molecule has 1 unspecified atom stereocenters. The SMILES string of the molecule is [NH]C(=O)NCC1CCCO1. The van der Waals surface area contributed by atoms with Crippen molar-refractivity contribution in [2.75, 3.05) is 13.2 Å². The number of hydrogen-bond donors (Lipinski definition) is 1. The molecule has 0 aromatic rings. The molecule has 0 saturated carbocycles. The molecule has 2 amide bonds. The van der Waals surface area contributed by atoms with Gasteiger partial charge in [-0.1, -0.05) is 0 Å². The quantitative estimate of drug-likeness (QED) is 0.598. The van der Waals surface area contributed by atoms with Crippen LogP contribution in [-0.2, 0) is 4.74 Å². The van der Waals surface area contributed by atoms with Crippen molar-refractivity contribution in [3.63, 3.8) is 0 Å². The van der Waals surface area contributed by atoms with Gasteiger partial charge in [0, 0.05) is 13.2 Å². The van der Waals surface area contributed by atoms with Crippen LogP contribution in [0.5, 0.6) is 0 Å². The van der Waals surface area contributed by atoms with E-state index in [1.807, 2.05) is 0 Å². The zero-order chi connectivity index (χ0) is 7.40. The van der Waals surface area contributed by atoms with E-state index in [9.17, 15) is 4.79 Å². The summed E-state index contributed by atoms with van der Waals surface area (Å²) < 4.78 is 5.21. The Balaban J connectivity index is 2.07. The van der Waals surface area contributed by atoms with Gasteiger partial charge in [-0.3, -0.25) is 0 Å². The Kier molecular flexibility index (Phi) is 2.50. The van der Waals surface area contributed by atoms with Gasteiger partial charge >= 0.3 is 6.03 Å². The molecular weight excluding hydrogens is 132 g/mol. The predicted molar refractivity (Wildman–Crippen MR) is 35.5 cm³/mol. The summed E-state index contributed by atoms with van der Waals surface area (Å²) in [5.41, 5.74) is 6.54. The Morgan fingerprint density at radius 1 is 1.80 bits per heavy atom.